The van der Waals surface area contributed by atoms with Crippen LogP contribution >= 0.6 is 11.3 Å². The molecule has 0 saturated carbocycles. The summed E-state index contributed by atoms with van der Waals surface area (Å²) in [5, 5.41) is 9.98. The topological polar surface area (TPSA) is 84.7 Å². The van der Waals surface area contributed by atoms with Crippen molar-refractivity contribution < 1.29 is 14.4 Å². The van der Waals surface area contributed by atoms with Gasteiger partial charge < -0.3 is 14.7 Å². The van der Waals surface area contributed by atoms with Crippen LogP contribution in [0.2, 0.25) is 0 Å². The molecule has 2 aliphatic heterocycles. The minimum atomic E-state index is -0.191. The minimum absolute atomic E-state index is 0.0679. The summed E-state index contributed by atoms with van der Waals surface area (Å²) in [6.07, 6.45) is 0.549. The van der Waals surface area contributed by atoms with E-state index in [2.05, 4.69) is 6.07 Å². The minimum Gasteiger partial charge on any atom is -0.333 e. The van der Waals surface area contributed by atoms with Crippen LogP contribution in [0.25, 0.3) is 0 Å². The number of carbonyl (C=O) groups excluding carboxylic acids is 3. The van der Waals surface area contributed by atoms with Crippen molar-refractivity contribution in [2.24, 2.45) is 0 Å². The van der Waals surface area contributed by atoms with E-state index in [4.69, 9.17) is 0 Å². The largest absolute Gasteiger partial charge is 0.333 e. The van der Waals surface area contributed by atoms with Gasteiger partial charge in [-0.3, -0.25) is 14.4 Å². The van der Waals surface area contributed by atoms with Crippen LogP contribution in [0.1, 0.15) is 43.6 Å². The van der Waals surface area contributed by atoms with Gasteiger partial charge in [-0.1, -0.05) is 12.1 Å². The monoisotopic (exact) mass is 408 g/mol. The van der Waals surface area contributed by atoms with Crippen LogP contribution in [0.5, 0.6) is 0 Å². The van der Waals surface area contributed by atoms with Crippen molar-refractivity contribution in [3.63, 3.8) is 0 Å². The van der Waals surface area contributed by atoms with Crippen LogP contribution in [0.15, 0.2) is 24.3 Å². The number of hydrogen-bond donors (Lipinski definition) is 0. The quantitative estimate of drug-likeness (QED) is 0.763. The number of benzene rings is 1. The van der Waals surface area contributed by atoms with E-state index in [1.165, 1.54) is 16.2 Å². The molecule has 1 aromatic heterocycles. The van der Waals surface area contributed by atoms with Crippen molar-refractivity contribution in [1.82, 2.24) is 9.80 Å². The number of amides is 3. The summed E-state index contributed by atoms with van der Waals surface area (Å²) in [6.45, 7) is 3.29. The molecular weight excluding hydrogens is 388 g/mol. The molecule has 0 unspecified atom stereocenters. The molecule has 3 heterocycles. The van der Waals surface area contributed by atoms with E-state index in [9.17, 15) is 19.6 Å². The zero-order valence-corrected chi connectivity index (χ0v) is 17.1. The van der Waals surface area contributed by atoms with Gasteiger partial charge in [-0.05, 0) is 31.0 Å². The van der Waals surface area contributed by atoms with Crippen LogP contribution in [0, 0.1) is 11.3 Å². The molecule has 7 nitrogen and oxygen atoms in total. The van der Waals surface area contributed by atoms with E-state index in [0.29, 0.717) is 47.7 Å². The number of anilines is 1. The van der Waals surface area contributed by atoms with Gasteiger partial charge >= 0.3 is 0 Å². The average molecular weight is 408 g/mol. The fourth-order valence-corrected chi connectivity index (χ4v) is 5.33. The molecule has 0 radical (unpaired) electrons. The van der Waals surface area contributed by atoms with Crippen molar-refractivity contribution in [1.29, 1.82) is 5.26 Å². The Morgan fingerprint density at radius 2 is 2.00 bits per heavy atom. The standard InChI is InChI=1S/C21H20N4O3S/c1-3-25-17(26)12-23(2)20(28)18-15-8-9-24(11-16(15)29-21(18)25)19(27)14-7-5-4-6-13(14)10-22/h4-7H,3,8-9,11-12H2,1-2H3. The van der Waals surface area contributed by atoms with Crippen molar-refractivity contribution >= 4 is 34.1 Å². The Balaban J connectivity index is 1.71. The number of thiophene rings is 1. The van der Waals surface area contributed by atoms with Crippen LogP contribution in [-0.2, 0) is 17.8 Å². The van der Waals surface area contributed by atoms with E-state index >= 15 is 0 Å². The van der Waals surface area contributed by atoms with Crippen molar-refractivity contribution in [2.75, 3.05) is 31.6 Å². The molecule has 0 spiro atoms. The van der Waals surface area contributed by atoms with E-state index in [1.807, 2.05) is 6.92 Å². The predicted octanol–water partition coefficient (Wildman–Crippen LogP) is 2.26. The second kappa shape index (κ2) is 7.33. The Kier molecular flexibility index (Phi) is 4.84. The number of hydrogen-bond acceptors (Lipinski definition) is 5. The molecule has 8 heteroatoms. The molecule has 0 bridgehead atoms. The van der Waals surface area contributed by atoms with Gasteiger partial charge in [0.05, 0.1) is 29.3 Å². The first-order valence-corrected chi connectivity index (χ1v) is 10.3. The highest BCUT2D eigenvalue weighted by molar-refractivity contribution is 7.17. The Bertz CT molecular complexity index is 1070. The Morgan fingerprint density at radius 1 is 1.24 bits per heavy atom. The van der Waals surface area contributed by atoms with Gasteiger partial charge in [0.15, 0.2) is 0 Å². The first kappa shape index (κ1) is 19.2. The van der Waals surface area contributed by atoms with Gasteiger partial charge in [0, 0.05) is 25.0 Å². The highest BCUT2D eigenvalue weighted by Crippen LogP contribution is 2.41. The predicted molar refractivity (Wildman–Crippen MR) is 109 cm³/mol. The smallest absolute Gasteiger partial charge is 0.257 e. The van der Waals surface area contributed by atoms with Gasteiger partial charge in [0.2, 0.25) is 5.91 Å². The number of carbonyl (C=O) groups is 3. The molecule has 0 fully saturated rings. The van der Waals surface area contributed by atoms with Crippen LogP contribution in [0.4, 0.5) is 5.00 Å². The summed E-state index contributed by atoms with van der Waals surface area (Å²) in [5.41, 5.74) is 2.28. The van der Waals surface area contributed by atoms with Gasteiger partial charge in [0.25, 0.3) is 11.8 Å². The third-order valence-electron chi connectivity index (χ3n) is 5.40. The highest BCUT2D eigenvalue weighted by Gasteiger charge is 2.37. The fourth-order valence-electron chi connectivity index (χ4n) is 3.89. The molecule has 1 aromatic carbocycles. The first-order valence-electron chi connectivity index (χ1n) is 9.45. The van der Waals surface area contributed by atoms with E-state index in [0.717, 1.165) is 10.4 Å². The molecular formula is C21H20N4O3S. The SMILES string of the molecule is CCN1C(=O)CN(C)C(=O)c2c1sc1c2CCN(C(=O)c2ccccc2C#N)C1. The van der Waals surface area contributed by atoms with Crippen molar-refractivity contribution in [3.05, 3.63) is 51.4 Å². The van der Waals surface area contributed by atoms with E-state index in [1.54, 1.807) is 41.1 Å². The third kappa shape index (κ3) is 3.08. The maximum atomic E-state index is 13.0. The van der Waals surface area contributed by atoms with Gasteiger partial charge in [-0.15, -0.1) is 11.3 Å². The van der Waals surface area contributed by atoms with E-state index < -0.39 is 0 Å². The Labute approximate surface area is 172 Å². The van der Waals surface area contributed by atoms with Crippen molar-refractivity contribution in [2.45, 2.75) is 19.9 Å². The summed E-state index contributed by atoms with van der Waals surface area (Å²) >= 11 is 1.42. The summed E-state index contributed by atoms with van der Waals surface area (Å²) < 4.78 is 0. The molecule has 4 rings (SSSR count). The number of rotatable bonds is 2. The summed E-state index contributed by atoms with van der Waals surface area (Å²) in [4.78, 5) is 44.3. The number of fused-ring (bicyclic) bond motifs is 3. The molecule has 148 valence electrons. The van der Waals surface area contributed by atoms with Gasteiger partial charge in [0.1, 0.15) is 11.5 Å². The Morgan fingerprint density at radius 3 is 2.72 bits per heavy atom. The zero-order chi connectivity index (χ0) is 20.7. The molecule has 0 atom stereocenters. The normalized spacial score (nSPS) is 16.2. The van der Waals surface area contributed by atoms with Crippen molar-refractivity contribution in [3.8, 4) is 6.07 Å². The second-order valence-corrected chi connectivity index (χ2v) is 8.20. The number of nitrogens with zero attached hydrogens (tertiary/aromatic N) is 4. The average Bonchev–Trinajstić information content (AvgIpc) is 3.07. The lowest BCUT2D eigenvalue weighted by Crippen LogP contribution is -2.38. The van der Waals surface area contributed by atoms with E-state index in [-0.39, 0.29) is 24.3 Å². The van der Waals surface area contributed by atoms with Crippen LogP contribution < -0.4 is 4.90 Å². The van der Waals surface area contributed by atoms with Gasteiger partial charge in [-0.2, -0.15) is 5.26 Å². The first-order chi connectivity index (χ1) is 14.0. The summed E-state index contributed by atoms with van der Waals surface area (Å²) in [7, 11) is 1.64. The fraction of sp³-hybridized carbons (Fsp3) is 0.333. The number of likely N-dealkylation sites (N-methyl/N-ethyl adjacent to an activating group) is 2. The molecule has 0 N–H and O–H groups in total. The second-order valence-electron chi connectivity index (χ2n) is 7.12. The summed E-state index contributed by atoms with van der Waals surface area (Å²) in [6, 6.07) is 8.85. The molecule has 0 saturated heterocycles. The zero-order valence-electron chi connectivity index (χ0n) is 16.3. The third-order valence-corrected chi connectivity index (χ3v) is 6.64. The molecule has 3 amide bonds. The van der Waals surface area contributed by atoms with Crippen LogP contribution in [-0.4, -0.2) is 54.2 Å². The lowest BCUT2D eigenvalue weighted by molar-refractivity contribution is -0.118. The maximum absolute atomic E-state index is 13.0. The maximum Gasteiger partial charge on any atom is 0.257 e. The molecule has 2 aliphatic rings. The Hall–Kier alpha value is -3.18. The molecule has 2 aromatic rings. The number of nitriles is 1. The lowest BCUT2D eigenvalue weighted by Gasteiger charge is -2.28. The molecule has 0 aliphatic carbocycles. The van der Waals surface area contributed by atoms with Gasteiger partial charge in [-0.25, -0.2) is 0 Å². The highest BCUT2D eigenvalue weighted by atomic mass is 32.1. The van der Waals surface area contributed by atoms with Crippen LogP contribution in [0.3, 0.4) is 0 Å². The summed E-state index contributed by atoms with van der Waals surface area (Å²) in [5.74, 6) is -0.434. The lowest BCUT2D eigenvalue weighted by atomic mass is 10.0. The molecule has 29 heavy (non-hydrogen) atoms.